The average molecular weight is 227 g/mol. The second-order valence-corrected chi connectivity index (χ2v) is 4.35. The third-order valence-electron chi connectivity index (χ3n) is 3.09. The predicted octanol–water partition coefficient (Wildman–Crippen LogP) is 1.33. The van der Waals surface area contributed by atoms with Crippen molar-refractivity contribution in [3.05, 3.63) is 41.4 Å². The number of allylic oxidation sites excluding steroid dienone is 1. The van der Waals surface area contributed by atoms with Crippen molar-refractivity contribution >= 4 is 19.6 Å². The predicted molar refractivity (Wildman–Crippen MR) is 65.2 cm³/mol. The van der Waals surface area contributed by atoms with Crippen LogP contribution in [0.3, 0.4) is 0 Å². The van der Waals surface area contributed by atoms with Gasteiger partial charge in [-0.15, -0.1) is 0 Å². The summed E-state index contributed by atoms with van der Waals surface area (Å²) >= 11 is 0. The summed E-state index contributed by atoms with van der Waals surface area (Å²) in [6, 6.07) is 4.07. The van der Waals surface area contributed by atoms with Crippen LogP contribution in [0.5, 0.6) is 0 Å². The molecule has 0 aliphatic carbocycles. The van der Waals surface area contributed by atoms with E-state index in [0.29, 0.717) is 6.42 Å². The smallest absolute Gasteiger partial charge is 0.396 e. The summed E-state index contributed by atoms with van der Waals surface area (Å²) in [4.78, 5) is 12.7. The number of rotatable bonds is 3. The second kappa shape index (κ2) is 3.84. The maximum atomic E-state index is 10.5. The van der Waals surface area contributed by atoms with Crippen LogP contribution in [0.1, 0.15) is 18.5 Å². The van der Waals surface area contributed by atoms with Crippen molar-refractivity contribution in [1.82, 2.24) is 9.29 Å². The Labute approximate surface area is 100 Å². The molecule has 1 N–H and O–H groups in total. The zero-order valence-electron chi connectivity index (χ0n) is 9.34. The molecule has 0 spiro atoms. The van der Waals surface area contributed by atoms with Crippen molar-refractivity contribution in [1.29, 1.82) is 0 Å². The van der Waals surface area contributed by atoms with Gasteiger partial charge in [-0.2, -0.15) is 0 Å². The van der Waals surface area contributed by atoms with E-state index in [1.807, 2.05) is 12.3 Å². The van der Waals surface area contributed by atoms with Crippen molar-refractivity contribution < 1.29 is 9.90 Å². The van der Waals surface area contributed by atoms with Gasteiger partial charge in [-0.05, 0) is 42.5 Å². The van der Waals surface area contributed by atoms with Gasteiger partial charge < -0.3 is 14.4 Å². The van der Waals surface area contributed by atoms with Gasteiger partial charge in [0.15, 0.2) is 0 Å². The zero-order valence-corrected chi connectivity index (χ0v) is 9.34. The highest BCUT2D eigenvalue weighted by Gasteiger charge is 2.24. The molecular weight excluding hydrogens is 215 g/mol. The lowest BCUT2D eigenvalue weighted by Crippen LogP contribution is -2.32. The van der Waals surface area contributed by atoms with Crippen molar-refractivity contribution in [3.63, 3.8) is 0 Å². The number of carbonyl (C=O) groups is 1. The Kier molecular flexibility index (Phi) is 2.32. The molecule has 0 aromatic carbocycles. The van der Waals surface area contributed by atoms with Crippen molar-refractivity contribution in [2.24, 2.45) is 0 Å². The highest BCUT2D eigenvalue weighted by molar-refractivity contribution is 6.32. The summed E-state index contributed by atoms with van der Waals surface area (Å²) in [6.45, 7) is 0.802. The van der Waals surface area contributed by atoms with Gasteiger partial charge in [0.05, 0.1) is 0 Å². The minimum atomic E-state index is -0.736. The summed E-state index contributed by atoms with van der Waals surface area (Å²) in [5, 5.41) is 8.67. The minimum absolute atomic E-state index is 0.208. The van der Waals surface area contributed by atoms with Gasteiger partial charge >= 0.3 is 13.5 Å². The van der Waals surface area contributed by atoms with Crippen LogP contribution in [0, 0.1) is 0 Å². The molecule has 0 fully saturated rings. The molecule has 1 aromatic heterocycles. The Hall–Kier alpha value is -1.91. The summed E-state index contributed by atoms with van der Waals surface area (Å²) in [6.07, 6.45) is 7.06. The van der Waals surface area contributed by atoms with E-state index in [1.165, 1.54) is 5.57 Å². The molecule has 3 rings (SSSR count). The Morgan fingerprint density at radius 1 is 1.47 bits per heavy atom. The van der Waals surface area contributed by atoms with Crippen molar-refractivity contribution in [3.8, 4) is 0 Å². The van der Waals surface area contributed by atoms with E-state index in [4.69, 9.17) is 5.11 Å². The van der Waals surface area contributed by atoms with Crippen molar-refractivity contribution in [2.75, 3.05) is 6.54 Å². The number of aliphatic carboxylic acids is 1. The van der Waals surface area contributed by atoms with Gasteiger partial charge in [0.2, 0.25) is 0 Å². The summed E-state index contributed by atoms with van der Waals surface area (Å²) in [5.74, 6) is -0.736. The number of carboxylic acid groups (broad SMARTS) is 1. The van der Waals surface area contributed by atoms with E-state index in [-0.39, 0.29) is 6.42 Å². The van der Waals surface area contributed by atoms with Crippen LogP contribution in [-0.2, 0) is 4.79 Å². The first-order chi connectivity index (χ1) is 8.22. The molecule has 0 amide bonds. The number of hydrogen-bond acceptors (Lipinski definition) is 2. The summed E-state index contributed by atoms with van der Waals surface area (Å²) in [5.41, 5.74) is 3.49. The molecule has 4 nitrogen and oxygen atoms in total. The lowest BCUT2D eigenvalue weighted by molar-refractivity contribution is -0.136. The molecule has 2 aliphatic heterocycles. The van der Waals surface area contributed by atoms with Crippen LogP contribution < -0.4 is 0 Å². The molecule has 5 heteroatoms. The Morgan fingerprint density at radius 3 is 3.18 bits per heavy atom. The van der Waals surface area contributed by atoms with Crippen LogP contribution in [-0.4, -0.2) is 34.5 Å². The molecular formula is C12H12BN2O2. The first-order valence-corrected chi connectivity index (χ1v) is 5.64. The highest BCUT2D eigenvalue weighted by Crippen LogP contribution is 2.27. The topological polar surface area (TPSA) is 45.5 Å². The fraction of sp³-hybridized carbons (Fsp3) is 0.250. The molecule has 1 aromatic rings. The normalized spacial score (nSPS) is 16.8. The van der Waals surface area contributed by atoms with Crippen LogP contribution in [0.4, 0.5) is 0 Å². The maximum Gasteiger partial charge on any atom is 0.396 e. The van der Waals surface area contributed by atoms with Gasteiger partial charge in [-0.3, -0.25) is 4.79 Å². The quantitative estimate of drug-likeness (QED) is 0.792. The second-order valence-electron chi connectivity index (χ2n) is 4.35. The lowest BCUT2D eigenvalue weighted by Gasteiger charge is -2.24. The fourth-order valence-corrected chi connectivity index (χ4v) is 2.23. The Morgan fingerprint density at radius 2 is 2.35 bits per heavy atom. The maximum absolute atomic E-state index is 10.5. The van der Waals surface area contributed by atoms with E-state index in [0.717, 1.165) is 17.9 Å². The van der Waals surface area contributed by atoms with Crippen LogP contribution in [0.25, 0.3) is 6.08 Å². The van der Waals surface area contributed by atoms with E-state index in [2.05, 4.69) is 35.1 Å². The molecule has 0 saturated heterocycles. The standard InChI is InChI=1S/C12H12BN2O2/c16-12(17)4-3-9-6-11-7-10-2-1-5-14(10)13-15(11)8-9/h1-2,5-7H,3-4,8H2,(H,16,17). The van der Waals surface area contributed by atoms with Gasteiger partial charge in [-0.25, -0.2) is 0 Å². The third kappa shape index (κ3) is 1.88. The number of nitrogens with zero attached hydrogens (tertiary/aromatic N) is 2. The minimum Gasteiger partial charge on any atom is -0.481 e. The van der Waals surface area contributed by atoms with E-state index in [9.17, 15) is 4.79 Å². The van der Waals surface area contributed by atoms with Gasteiger partial charge in [0.1, 0.15) is 0 Å². The molecule has 2 aliphatic rings. The highest BCUT2D eigenvalue weighted by atomic mass is 16.4. The summed E-state index contributed by atoms with van der Waals surface area (Å²) in [7, 11) is 2.05. The molecule has 1 radical (unpaired) electrons. The molecule has 0 unspecified atom stereocenters. The SMILES string of the molecule is O=C(O)CCC1=CC2=Cc3cccn3[B]N2C1. The number of aromatic nitrogens is 1. The van der Waals surface area contributed by atoms with Gasteiger partial charge in [0.25, 0.3) is 0 Å². The van der Waals surface area contributed by atoms with Gasteiger partial charge in [0, 0.05) is 24.4 Å². The number of carboxylic acids is 1. The zero-order chi connectivity index (χ0) is 11.8. The molecule has 0 saturated carbocycles. The molecule has 85 valence electrons. The molecule has 3 heterocycles. The monoisotopic (exact) mass is 227 g/mol. The van der Waals surface area contributed by atoms with Crippen LogP contribution >= 0.6 is 0 Å². The Bertz CT molecular complexity index is 530. The first-order valence-electron chi connectivity index (χ1n) is 5.64. The van der Waals surface area contributed by atoms with E-state index >= 15 is 0 Å². The fourth-order valence-electron chi connectivity index (χ4n) is 2.23. The molecule has 0 atom stereocenters. The van der Waals surface area contributed by atoms with Crippen molar-refractivity contribution in [2.45, 2.75) is 12.8 Å². The first kappa shape index (κ1) is 10.3. The number of hydrogen-bond donors (Lipinski definition) is 1. The van der Waals surface area contributed by atoms with Crippen LogP contribution in [0.15, 0.2) is 35.7 Å². The summed E-state index contributed by atoms with van der Waals surface area (Å²) < 4.78 is 2.07. The lowest BCUT2D eigenvalue weighted by atomic mass is 10.0. The van der Waals surface area contributed by atoms with Gasteiger partial charge in [-0.1, -0.05) is 0 Å². The van der Waals surface area contributed by atoms with Crippen LogP contribution in [0.2, 0.25) is 0 Å². The van der Waals surface area contributed by atoms with E-state index in [1.54, 1.807) is 0 Å². The largest absolute Gasteiger partial charge is 0.481 e. The third-order valence-corrected chi connectivity index (χ3v) is 3.09. The molecule has 17 heavy (non-hydrogen) atoms. The molecule has 0 bridgehead atoms. The number of fused-ring (bicyclic) bond motifs is 2. The Balaban J connectivity index is 1.78. The van der Waals surface area contributed by atoms with E-state index < -0.39 is 5.97 Å². The average Bonchev–Trinajstić information content (AvgIpc) is 2.87.